The molecule has 2 rings (SSSR count). The van der Waals surface area contributed by atoms with Gasteiger partial charge in [-0.1, -0.05) is 0 Å². The molecule has 5 heteroatoms. The first kappa shape index (κ1) is 11.9. The lowest BCUT2D eigenvalue weighted by molar-refractivity contribution is -0.123. The summed E-state index contributed by atoms with van der Waals surface area (Å²) in [6, 6.07) is 3.79. The maximum absolute atomic E-state index is 11.6. The highest BCUT2D eigenvalue weighted by atomic mass is 16.5. The molecule has 0 saturated carbocycles. The van der Waals surface area contributed by atoms with Crippen LogP contribution in [0, 0.1) is 0 Å². The lowest BCUT2D eigenvalue weighted by atomic mass is 10.1. The number of carbonyl (C=O) groups is 1. The molecular formula is C12H17N3O2. The third-order valence-corrected chi connectivity index (χ3v) is 2.67. The van der Waals surface area contributed by atoms with Gasteiger partial charge in [0.2, 0.25) is 0 Å². The zero-order valence-electron chi connectivity index (χ0n) is 9.69. The van der Waals surface area contributed by atoms with Gasteiger partial charge in [0.05, 0.1) is 6.20 Å². The van der Waals surface area contributed by atoms with Crippen molar-refractivity contribution < 1.29 is 9.53 Å². The number of carbonyl (C=O) groups excluding carboxylic acids is 1. The Bertz CT molecular complexity index is 350. The minimum atomic E-state index is -0.0810. The zero-order valence-corrected chi connectivity index (χ0v) is 9.69. The van der Waals surface area contributed by atoms with Gasteiger partial charge >= 0.3 is 0 Å². The van der Waals surface area contributed by atoms with Crippen molar-refractivity contribution in [3.8, 4) is 5.75 Å². The van der Waals surface area contributed by atoms with E-state index in [1.807, 2.05) is 0 Å². The van der Waals surface area contributed by atoms with Crippen LogP contribution in [0.1, 0.15) is 12.8 Å². The van der Waals surface area contributed by atoms with Crippen LogP contribution in [0.2, 0.25) is 0 Å². The molecule has 1 saturated heterocycles. The number of rotatable bonds is 4. The molecule has 1 aromatic heterocycles. The van der Waals surface area contributed by atoms with E-state index >= 15 is 0 Å². The van der Waals surface area contributed by atoms with E-state index in [-0.39, 0.29) is 18.6 Å². The minimum absolute atomic E-state index is 0.0438. The molecule has 2 N–H and O–H groups in total. The zero-order chi connectivity index (χ0) is 11.9. The van der Waals surface area contributed by atoms with Crippen LogP contribution < -0.4 is 15.4 Å². The minimum Gasteiger partial charge on any atom is -0.482 e. The van der Waals surface area contributed by atoms with Gasteiger partial charge in [-0.3, -0.25) is 9.78 Å². The molecule has 1 amide bonds. The van der Waals surface area contributed by atoms with E-state index in [4.69, 9.17) is 4.74 Å². The number of amides is 1. The summed E-state index contributed by atoms with van der Waals surface area (Å²) in [7, 11) is 0. The van der Waals surface area contributed by atoms with Crippen LogP contribution in [0.5, 0.6) is 5.75 Å². The van der Waals surface area contributed by atoms with E-state index in [0.29, 0.717) is 5.75 Å². The van der Waals surface area contributed by atoms with Gasteiger partial charge in [0.25, 0.3) is 5.91 Å². The fourth-order valence-corrected chi connectivity index (χ4v) is 1.83. The first-order chi connectivity index (χ1) is 8.34. The maximum atomic E-state index is 11.6. The summed E-state index contributed by atoms with van der Waals surface area (Å²) in [6.45, 7) is 1.93. The van der Waals surface area contributed by atoms with Gasteiger partial charge in [-0.25, -0.2) is 0 Å². The fraction of sp³-hybridized carbons (Fsp3) is 0.500. The highest BCUT2D eigenvalue weighted by Gasteiger charge is 2.15. The SMILES string of the molecule is O=C(COc1cccnc1)N[C@H]1CCCNC1. The van der Waals surface area contributed by atoms with Crippen molar-refractivity contribution in [1.82, 2.24) is 15.6 Å². The lowest BCUT2D eigenvalue weighted by Gasteiger charge is -2.23. The number of nitrogens with one attached hydrogen (secondary N) is 2. The highest BCUT2D eigenvalue weighted by molar-refractivity contribution is 5.77. The predicted octanol–water partition coefficient (Wildman–Crippen LogP) is 0.329. The average molecular weight is 235 g/mol. The first-order valence-electron chi connectivity index (χ1n) is 5.87. The summed E-state index contributed by atoms with van der Waals surface area (Å²) >= 11 is 0. The summed E-state index contributed by atoms with van der Waals surface area (Å²) in [5.74, 6) is 0.534. The second-order valence-corrected chi connectivity index (χ2v) is 4.09. The molecule has 1 aliphatic rings. The summed E-state index contributed by atoms with van der Waals surface area (Å²) in [5, 5.41) is 6.19. The number of nitrogens with zero attached hydrogens (tertiary/aromatic N) is 1. The Hall–Kier alpha value is -1.62. The molecule has 92 valence electrons. The third-order valence-electron chi connectivity index (χ3n) is 2.67. The molecule has 5 nitrogen and oxygen atoms in total. The Kier molecular flexibility index (Phi) is 4.32. The number of ether oxygens (including phenoxy) is 1. The second-order valence-electron chi connectivity index (χ2n) is 4.09. The predicted molar refractivity (Wildman–Crippen MR) is 63.8 cm³/mol. The van der Waals surface area contributed by atoms with Gasteiger partial charge in [-0.2, -0.15) is 0 Å². The smallest absolute Gasteiger partial charge is 0.258 e. The van der Waals surface area contributed by atoms with Crippen LogP contribution in [0.15, 0.2) is 24.5 Å². The largest absolute Gasteiger partial charge is 0.482 e. The number of pyridine rings is 1. The standard InChI is InChI=1S/C12H17N3O2/c16-12(15-10-3-1-5-13-7-10)9-17-11-4-2-6-14-8-11/h2,4,6,8,10,13H,1,3,5,7,9H2,(H,15,16)/t10-/m0/s1. The Morgan fingerprint density at radius 2 is 2.59 bits per heavy atom. The van der Waals surface area contributed by atoms with E-state index in [1.165, 1.54) is 0 Å². The van der Waals surface area contributed by atoms with Crippen LogP contribution in [0.4, 0.5) is 0 Å². The second kappa shape index (κ2) is 6.20. The Balaban J connectivity index is 1.70. The molecule has 1 fully saturated rings. The molecule has 0 radical (unpaired) electrons. The molecule has 0 aliphatic carbocycles. The van der Waals surface area contributed by atoms with E-state index < -0.39 is 0 Å². The van der Waals surface area contributed by atoms with Crippen LogP contribution in [-0.4, -0.2) is 36.6 Å². The number of aromatic nitrogens is 1. The summed E-state index contributed by atoms with van der Waals surface area (Å²) in [5.41, 5.74) is 0. The van der Waals surface area contributed by atoms with Crippen LogP contribution in [-0.2, 0) is 4.79 Å². The highest BCUT2D eigenvalue weighted by Crippen LogP contribution is 2.06. The van der Waals surface area contributed by atoms with Gasteiger partial charge in [-0.15, -0.1) is 0 Å². The molecule has 1 atom stereocenters. The molecule has 1 aliphatic heterocycles. The van der Waals surface area contributed by atoms with E-state index in [1.54, 1.807) is 24.5 Å². The molecule has 0 spiro atoms. The molecule has 0 aromatic carbocycles. The topological polar surface area (TPSA) is 63.2 Å². The maximum Gasteiger partial charge on any atom is 0.258 e. The lowest BCUT2D eigenvalue weighted by Crippen LogP contribution is -2.46. The Labute approximate surface area is 101 Å². The average Bonchev–Trinajstić information content (AvgIpc) is 2.39. The van der Waals surface area contributed by atoms with Crippen molar-refractivity contribution in [2.45, 2.75) is 18.9 Å². The van der Waals surface area contributed by atoms with Crippen LogP contribution >= 0.6 is 0 Å². The Morgan fingerprint density at radius 3 is 3.29 bits per heavy atom. The van der Waals surface area contributed by atoms with Gasteiger partial charge in [0.1, 0.15) is 5.75 Å². The summed E-state index contributed by atoms with van der Waals surface area (Å²) in [6.07, 6.45) is 5.40. The fourth-order valence-electron chi connectivity index (χ4n) is 1.83. The monoisotopic (exact) mass is 235 g/mol. The van der Waals surface area contributed by atoms with Crippen molar-refractivity contribution in [1.29, 1.82) is 0 Å². The molecule has 2 heterocycles. The van der Waals surface area contributed by atoms with Gasteiger partial charge in [-0.05, 0) is 31.5 Å². The van der Waals surface area contributed by atoms with Crippen molar-refractivity contribution in [3.05, 3.63) is 24.5 Å². The number of piperidine rings is 1. The van der Waals surface area contributed by atoms with Crippen molar-refractivity contribution in [2.75, 3.05) is 19.7 Å². The first-order valence-corrected chi connectivity index (χ1v) is 5.87. The van der Waals surface area contributed by atoms with Crippen molar-refractivity contribution >= 4 is 5.91 Å². The number of hydrogen-bond acceptors (Lipinski definition) is 4. The van der Waals surface area contributed by atoms with Gasteiger partial charge in [0, 0.05) is 18.8 Å². The summed E-state index contributed by atoms with van der Waals surface area (Å²) < 4.78 is 5.31. The quantitative estimate of drug-likeness (QED) is 0.789. The molecule has 1 aromatic rings. The molecule has 17 heavy (non-hydrogen) atoms. The van der Waals surface area contributed by atoms with E-state index in [0.717, 1.165) is 25.9 Å². The Morgan fingerprint density at radius 1 is 1.65 bits per heavy atom. The van der Waals surface area contributed by atoms with Crippen LogP contribution in [0.25, 0.3) is 0 Å². The van der Waals surface area contributed by atoms with Gasteiger partial charge < -0.3 is 15.4 Å². The van der Waals surface area contributed by atoms with Crippen molar-refractivity contribution in [3.63, 3.8) is 0 Å². The molecule has 0 bridgehead atoms. The van der Waals surface area contributed by atoms with E-state index in [2.05, 4.69) is 15.6 Å². The van der Waals surface area contributed by atoms with Gasteiger partial charge in [0.15, 0.2) is 6.61 Å². The molecule has 0 unspecified atom stereocenters. The number of hydrogen-bond donors (Lipinski definition) is 2. The third kappa shape index (κ3) is 4.03. The summed E-state index contributed by atoms with van der Waals surface area (Å²) in [4.78, 5) is 15.5. The van der Waals surface area contributed by atoms with E-state index in [9.17, 15) is 4.79 Å². The van der Waals surface area contributed by atoms with Crippen molar-refractivity contribution in [2.24, 2.45) is 0 Å². The van der Waals surface area contributed by atoms with Crippen LogP contribution in [0.3, 0.4) is 0 Å². The normalized spacial score (nSPS) is 19.6. The molecular weight excluding hydrogens is 218 g/mol.